The van der Waals surface area contributed by atoms with Crippen molar-refractivity contribution in [2.45, 2.75) is 6.92 Å². The number of non-ortho nitro benzene ring substituents is 1. The zero-order valence-corrected chi connectivity index (χ0v) is 23.9. The number of carboxylic acid groups (broad SMARTS) is 2. The molecule has 236 valence electrons. The summed E-state index contributed by atoms with van der Waals surface area (Å²) >= 11 is 0. The second-order valence-corrected chi connectivity index (χ2v) is 9.54. The van der Waals surface area contributed by atoms with Gasteiger partial charge >= 0.3 is 11.9 Å². The maximum Gasteiger partial charge on any atom is 0.336 e. The number of hydrogen-bond donors (Lipinski definition) is 2. The van der Waals surface area contributed by atoms with Gasteiger partial charge in [0, 0.05) is 13.0 Å². The van der Waals surface area contributed by atoms with Crippen LogP contribution >= 0.6 is 0 Å². The average molecular weight is 641 g/mol. The number of imide groups is 2. The van der Waals surface area contributed by atoms with Gasteiger partial charge in [-0.15, -0.1) is 0 Å². The van der Waals surface area contributed by atoms with Gasteiger partial charge in [0.05, 0.1) is 49.5 Å². The number of carboxylic acids is 2. The molecule has 4 rings (SSSR count). The van der Waals surface area contributed by atoms with E-state index in [4.69, 9.17) is 0 Å². The van der Waals surface area contributed by atoms with Gasteiger partial charge in [0.15, 0.2) is 0 Å². The zero-order valence-electron chi connectivity index (χ0n) is 23.9. The summed E-state index contributed by atoms with van der Waals surface area (Å²) in [4.78, 5) is 99.3. The van der Waals surface area contributed by atoms with Crippen LogP contribution in [-0.2, 0) is 4.79 Å². The number of amides is 4. The molecule has 0 saturated heterocycles. The summed E-state index contributed by atoms with van der Waals surface area (Å²) < 4.78 is 0. The quantitative estimate of drug-likeness (QED) is 0.145. The highest BCUT2D eigenvalue weighted by Crippen LogP contribution is 2.31. The Balaban J connectivity index is 1.87. The van der Waals surface area contributed by atoms with Gasteiger partial charge in [-0.3, -0.25) is 39.4 Å². The molecular formula is C31H20N4O12. The highest BCUT2D eigenvalue weighted by atomic mass is 16.6. The maximum absolute atomic E-state index is 13.9. The lowest BCUT2D eigenvalue weighted by molar-refractivity contribution is -0.394. The molecule has 0 atom stereocenters. The number of aromatic carboxylic acids is 2. The molecule has 0 fully saturated rings. The molecule has 2 N–H and O–H groups in total. The molecule has 16 nitrogen and oxygen atoms in total. The van der Waals surface area contributed by atoms with Crippen molar-refractivity contribution < 1.29 is 48.8 Å². The van der Waals surface area contributed by atoms with E-state index < -0.39 is 73.5 Å². The normalized spacial score (nSPS) is 10.4. The molecule has 0 bridgehead atoms. The van der Waals surface area contributed by atoms with E-state index in [9.17, 15) is 59.2 Å². The standard InChI is InChI=1S/C31H20N4O12/c1-17(36)32(27(37)21-6-2-4-8-23(21)30(40)41)18-10-12-19(13-11-18)33(28(38)22-7-3-5-9-24(22)31(42)43)29(39)25-15-14-20(34(44)45)16-26(25)35(46)47/h2-16H,1H3,(H,40,41)(H,42,43). The van der Waals surface area contributed by atoms with Crippen molar-refractivity contribution in [1.82, 2.24) is 0 Å². The van der Waals surface area contributed by atoms with Crippen molar-refractivity contribution in [2.24, 2.45) is 0 Å². The van der Waals surface area contributed by atoms with E-state index in [1.165, 1.54) is 36.4 Å². The third kappa shape index (κ3) is 6.55. The van der Waals surface area contributed by atoms with Gasteiger partial charge in [0.25, 0.3) is 29.1 Å². The van der Waals surface area contributed by atoms with Crippen LogP contribution in [0.2, 0.25) is 0 Å². The van der Waals surface area contributed by atoms with E-state index in [0.717, 1.165) is 55.5 Å². The Bertz CT molecular complexity index is 2010. The second kappa shape index (κ2) is 13.3. The van der Waals surface area contributed by atoms with E-state index in [1.807, 2.05) is 0 Å². The van der Waals surface area contributed by atoms with Crippen LogP contribution < -0.4 is 9.80 Å². The lowest BCUT2D eigenvalue weighted by atomic mass is 10.0. The van der Waals surface area contributed by atoms with Crippen LogP contribution in [0.15, 0.2) is 91.0 Å². The predicted molar refractivity (Wildman–Crippen MR) is 162 cm³/mol. The Morgan fingerprint density at radius 1 is 0.553 bits per heavy atom. The van der Waals surface area contributed by atoms with Crippen molar-refractivity contribution in [3.05, 3.63) is 139 Å². The molecule has 4 aromatic rings. The van der Waals surface area contributed by atoms with Crippen LogP contribution in [0.5, 0.6) is 0 Å². The Hall–Kier alpha value is -7.10. The van der Waals surface area contributed by atoms with Gasteiger partial charge in [-0.25, -0.2) is 19.4 Å². The van der Waals surface area contributed by atoms with Crippen LogP contribution in [-0.4, -0.2) is 55.6 Å². The minimum Gasteiger partial charge on any atom is -0.478 e. The Kier molecular flexibility index (Phi) is 9.26. The molecule has 16 heteroatoms. The van der Waals surface area contributed by atoms with Crippen LogP contribution in [0.1, 0.15) is 58.7 Å². The number of rotatable bonds is 9. The van der Waals surface area contributed by atoms with E-state index in [1.54, 1.807) is 0 Å². The molecule has 0 saturated carbocycles. The highest BCUT2D eigenvalue weighted by Gasteiger charge is 2.34. The summed E-state index contributed by atoms with van der Waals surface area (Å²) in [6.07, 6.45) is 0. The number of carbonyl (C=O) groups excluding carboxylic acids is 4. The molecule has 0 aliphatic carbocycles. The minimum atomic E-state index is -1.53. The largest absolute Gasteiger partial charge is 0.478 e. The van der Waals surface area contributed by atoms with Gasteiger partial charge in [0.1, 0.15) is 5.56 Å². The fraction of sp³-hybridized carbons (Fsp3) is 0.0323. The first-order chi connectivity index (χ1) is 22.2. The number of nitro groups is 2. The van der Waals surface area contributed by atoms with Gasteiger partial charge < -0.3 is 10.2 Å². The molecular weight excluding hydrogens is 620 g/mol. The first-order valence-corrected chi connectivity index (χ1v) is 13.2. The number of anilines is 2. The number of carbonyl (C=O) groups is 6. The molecule has 0 radical (unpaired) electrons. The minimum absolute atomic E-state index is 0.126. The van der Waals surface area contributed by atoms with E-state index in [2.05, 4.69) is 0 Å². The average Bonchev–Trinajstić information content (AvgIpc) is 3.04. The Morgan fingerprint density at radius 3 is 1.36 bits per heavy atom. The van der Waals surface area contributed by atoms with Crippen molar-refractivity contribution in [3.63, 3.8) is 0 Å². The third-order valence-corrected chi connectivity index (χ3v) is 6.69. The number of nitro benzene ring substituents is 2. The molecule has 4 aromatic carbocycles. The lowest BCUT2D eigenvalue weighted by Crippen LogP contribution is -2.38. The summed E-state index contributed by atoms with van der Waals surface area (Å²) in [6.45, 7) is 1.03. The zero-order chi connectivity index (χ0) is 34.6. The van der Waals surface area contributed by atoms with Crippen molar-refractivity contribution >= 4 is 58.3 Å². The molecule has 0 aliphatic heterocycles. The molecule has 0 aliphatic rings. The summed E-state index contributed by atoms with van der Waals surface area (Å²) in [5.41, 5.74) is -4.63. The lowest BCUT2D eigenvalue weighted by Gasteiger charge is -2.24. The summed E-state index contributed by atoms with van der Waals surface area (Å²) in [5, 5.41) is 42.2. The van der Waals surface area contributed by atoms with Crippen LogP contribution in [0.4, 0.5) is 22.7 Å². The summed E-state index contributed by atoms with van der Waals surface area (Å²) in [5.74, 6) is -7.41. The van der Waals surface area contributed by atoms with E-state index in [-0.39, 0.29) is 22.5 Å². The van der Waals surface area contributed by atoms with Crippen molar-refractivity contribution in [3.8, 4) is 0 Å². The van der Waals surface area contributed by atoms with Gasteiger partial charge in [-0.05, 0) is 54.6 Å². The van der Waals surface area contributed by atoms with Gasteiger partial charge in [0.2, 0.25) is 5.91 Å². The van der Waals surface area contributed by atoms with E-state index in [0.29, 0.717) is 15.9 Å². The molecule has 4 amide bonds. The first kappa shape index (κ1) is 32.8. The molecule has 47 heavy (non-hydrogen) atoms. The maximum atomic E-state index is 13.9. The molecule has 0 heterocycles. The van der Waals surface area contributed by atoms with Crippen molar-refractivity contribution in [1.29, 1.82) is 0 Å². The van der Waals surface area contributed by atoms with Crippen molar-refractivity contribution in [2.75, 3.05) is 9.80 Å². The van der Waals surface area contributed by atoms with E-state index >= 15 is 0 Å². The Labute approximate surface area is 263 Å². The predicted octanol–water partition coefficient (Wildman–Crippen LogP) is 4.58. The van der Waals surface area contributed by atoms with Gasteiger partial charge in [-0.1, -0.05) is 24.3 Å². The topological polar surface area (TPSA) is 236 Å². The first-order valence-electron chi connectivity index (χ1n) is 13.2. The smallest absolute Gasteiger partial charge is 0.336 e. The Morgan fingerprint density at radius 2 is 0.957 bits per heavy atom. The van der Waals surface area contributed by atoms with Gasteiger partial charge in [-0.2, -0.15) is 0 Å². The number of nitrogens with zero attached hydrogens (tertiary/aromatic N) is 4. The SMILES string of the molecule is CC(=O)N(C(=O)c1ccccc1C(=O)O)c1ccc(N(C(=O)c2ccccc2C(=O)O)C(=O)c2ccc([N+](=O)[O-])cc2[N+](=O)[O-])cc1. The monoisotopic (exact) mass is 640 g/mol. The third-order valence-electron chi connectivity index (χ3n) is 6.69. The second-order valence-electron chi connectivity index (χ2n) is 9.54. The molecule has 0 unspecified atom stereocenters. The van der Waals surface area contributed by atoms with Crippen LogP contribution in [0.3, 0.4) is 0 Å². The summed E-state index contributed by atoms with van der Waals surface area (Å²) in [7, 11) is 0. The summed E-state index contributed by atoms with van der Waals surface area (Å²) in [6, 6.07) is 16.5. The molecule has 0 spiro atoms. The number of benzene rings is 4. The fourth-order valence-electron chi connectivity index (χ4n) is 4.56. The highest BCUT2D eigenvalue weighted by molar-refractivity contribution is 6.28. The van der Waals surface area contributed by atoms with Crippen LogP contribution in [0, 0.1) is 20.2 Å². The number of hydrogen-bond acceptors (Lipinski definition) is 10. The van der Waals surface area contributed by atoms with Crippen LogP contribution in [0.25, 0.3) is 0 Å². The molecule has 0 aromatic heterocycles. The fourth-order valence-corrected chi connectivity index (χ4v) is 4.56.